The van der Waals surface area contributed by atoms with E-state index in [1.54, 1.807) is 18.3 Å². The SMILES string of the molecule is C=C(C)/N=C(\ON)c1cc(-c2ccccc2)c(C)s1. The largest absolute Gasteiger partial charge is 0.390 e. The first-order valence-electron chi connectivity index (χ1n) is 5.89. The zero-order valence-corrected chi connectivity index (χ0v) is 11.8. The number of benzene rings is 1. The average Bonchev–Trinajstić information content (AvgIpc) is 2.79. The number of hydrogen-bond acceptors (Lipinski definition) is 4. The molecule has 0 aliphatic heterocycles. The Morgan fingerprint density at radius 3 is 2.58 bits per heavy atom. The highest BCUT2D eigenvalue weighted by molar-refractivity contribution is 7.14. The topological polar surface area (TPSA) is 47.6 Å². The van der Waals surface area contributed by atoms with Crippen molar-refractivity contribution in [3.8, 4) is 11.1 Å². The normalized spacial score (nSPS) is 11.4. The van der Waals surface area contributed by atoms with Crippen molar-refractivity contribution >= 4 is 17.2 Å². The van der Waals surface area contributed by atoms with Crippen LogP contribution in [0.5, 0.6) is 0 Å². The lowest BCUT2D eigenvalue weighted by molar-refractivity contribution is 0.322. The highest BCUT2D eigenvalue weighted by Crippen LogP contribution is 2.31. The number of aryl methyl sites for hydroxylation is 1. The van der Waals surface area contributed by atoms with Gasteiger partial charge in [0.15, 0.2) is 0 Å². The van der Waals surface area contributed by atoms with Crippen LogP contribution in [0.15, 0.2) is 53.7 Å². The van der Waals surface area contributed by atoms with E-state index in [-0.39, 0.29) is 0 Å². The van der Waals surface area contributed by atoms with Crippen LogP contribution in [-0.4, -0.2) is 5.90 Å². The summed E-state index contributed by atoms with van der Waals surface area (Å²) in [6.45, 7) is 7.62. The second-order valence-electron chi connectivity index (χ2n) is 4.22. The molecular weight excluding hydrogens is 256 g/mol. The van der Waals surface area contributed by atoms with Gasteiger partial charge in [-0.2, -0.15) is 5.90 Å². The molecule has 0 amide bonds. The van der Waals surface area contributed by atoms with Crippen molar-refractivity contribution in [2.24, 2.45) is 10.9 Å². The quantitative estimate of drug-likeness (QED) is 0.523. The van der Waals surface area contributed by atoms with Crippen LogP contribution in [0.3, 0.4) is 0 Å². The van der Waals surface area contributed by atoms with Gasteiger partial charge in [-0.25, -0.2) is 4.99 Å². The lowest BCUT2D eigenvalue weighted by Crippen LogP contribution is -2.10. The van der Waals surface area contributed by atoms with E-state index in [4.69, 9.17) is 10.7 Å². The molecule has 3 nitrogen and oxygen atoms in total. The molecule has 1 heterocycles. The summed E-state index contributed by atoms with van der Waals surface area (Å²) in [6.07, 6.45) is 0. The van der Waals surface area contributed by atoms with Crippen molar-refractivity contribution in [3.63, 3.8) is 0 Å². The molecule has 0 aliphatic carbocycles. The van der Waals surface area contributed by atoms with Crippen LogP contribution in [0, 0.1) is 6.92 Å². The molecule has 0 atom stereocenters. The molecule has 1 aromatic heterocycles. The molecule has 0 spiro atoms. The van der Waals surface area contributed by atoms with Gasteiger partial charge < -0.3 is 4.84 Å². The third-order valence-electron chi connectivity index (χ3n) is 2.62. The van der Waals surface area contributed by atoms with E-state index >= 15 is 0 Å². The van der Waals surface area contributed by atoms with Crippen LogP contribution in [0.1, 0.15) is 16.7 Å². The molecule has 19 heavy (non-hydrogen) atoms. The first kappa shape index (κ1) is 13.5. The van der Waals surface area contributed by atoms with Crippen LogP contribution < -0.4 is 5.90 Å². The van der Waals surface area contributed by atoms with Crippen molar-refractivity contribution in [3.05, 3.63) is 58.4 Å². The summed E-state index contributed by atoms with van der Waals surface area (Å²) >= 11 is 1.61. The Hall–Kier alpha value is -1.91. The van der Waals surface area contributed by atoms with Crippen molar-refractivity contribution < 1.29 is 4.84 Å². The summed E-state index contributed by atoms with van der Waals surface area (Å²) < 4.78 is 0. The number of rotatable bonds is 3. The lowest BCUT2D eigenvalue weighted by atomic mass is 10.1. The summed E-state index contributed by atoms with van der Waals surface area (Å²) in [6, 6.07) is 12.3. The maximum absolute atomic E-state index is 5.29. The van der Waals surface area contributed by atoms with Gasteiger partial charge in [-0.05, 0) is 31.0 Å². The monoisotopic (exact) mass is 272 g/mol. The molecule has 0 saturated heterocycles. The Balaban J connectivity index is 2.44. The highest BCUT2D eigenvalue weighted by atomic mass is 32.1. The predicted octanol–water partition coefficient (Wildman–Crippen LogP) is 3.89. The molecular formula is C15H16N2OS. The number of allylic oxidation sites excluding steroid dienone is 1. The zero-order chi connectivity index (χ0) is 13.8. The molecule has 0 fully saturated rings. The lowest BCUT2D eigenvalue weighted by Gasteiger charge is -2.00. The van der Waals surface area contributed by atoms with Crippen LogP contribution in [-0.2, 0) is 4.84 Å². The summed E-state index contributed by atoms with van der Waals surface area (Å²) in [7, 11) is 0. The van der Waals surface area contributed by atoms with E-state index in [1.165, 1.54) is 16.0 Å². The zero-order valence-electron chi connectivity index (χ0n) is 11.0. The number of hydrogen-bond donors (Lipinski definition) is 1. The molecule has 2 aromatic rings. The number of nitrogens with two attached hydrogens (primary N) is 1. The second kappa shape index (κ2) is 5.82. The minimum Gasteiger partial charge on any atom is -0.390 e. The molecule has 0 saturated carbocycles. The van der Waals surface area contributed by atoms with E-state index < -0.39 is 0 Å². The molecule has 0 radical (unpaired) electrons. The summed E-state index contributed by atoms with van der Waals surface area (Å²) in [4.78, 5) is 11.2. The molecule has 2 rings (SSSR count). The van der Waals surface area contributed by atoms with Gasteiger partial charge in [0.1, 0.15) is 0 Å². The molecule has 4 heteroatoms. The van der Waals surface area contributed by atoms with E-state index in [2.05, 4.69) is 30.6 Å². The standard InChI is InChI=1S/C15H16N2OS/c1-10(2)17-15(18-16)14-9-13(11(3)19-14)12-7-5-4-6-8-12/h4-9H,1,16H2,2-3H3/b17-15-. The first-order chi connectivity index (χ1) is 9.11. The van der Waals surface area contributed by atoms with Crippen LogP contribution in [0.4, 0.5) is 0 Å². The fourth-order valence-electron chi connectivity index (χ4n) is 1.80. The van der Waals surface area contributed by atoms with E-state index in [9.17, 15) is 0 Å². The van der Waals surface area contributed by atoms with Gasteiger partial charge >= 0.3 is 0 Å². The third kappa shape index (κ3) is 3.10. The van der Waals surface area contributed by atoms with E-state index in [0.717, 1.165) is 4.88 Å². The molecule has 0 aliphatic rings. The second-order valence-corrected chi connectivity index (χ2v) is 5.47. The summed E-state index contributed by atoms with van der Waals surface area (Å²) in [5.41, 5.74) is 3.01. The third-order valence-corrected chi connectivity index (χ3v) is 3.66. The molecule has 0 bridgehead atoms. The van der Waals surface area contributed by atoms with Crippen molar-refractivity contribution in [2.75, 3.05) is 0 Å². The maximum Gasteiger partial charge on any atom is 0.255 e. The number of aliphatic imine (C=N–C) groups is 1. The minimum atomic E-state index is 0.405. The van der Waals surface area contributed by atoms with Gasteiger partial charge in [-0.15, -0.1) is 11.3 Å². The van der Waals surface area contributed by atoms with Gasteiger partial charge in [-0.3, -0.25) is 0 Å². The highest BCUT2D eigenvalue weighted by Gasteiger charge is 2.13. The van der Waals surface area contributed by atoms with Gasteiger partial charge in [0.25, 0.3) is 5.90 Å². The van der Waals surface area contributed by atoms with Crippen LogP contribution >= 0.6 is 11.3 Å². The Labute approximate surface area is 117 Å². The van der Waals surface area contributed by atoms with Gasteiger partial charge in [0.05, 0.1) is 4.88 Å². The number of thiophene rings is 1. The molecule has 0 unspecified atom stereocenters. The summed E-state index contributed by atoms with van der Waals surface area (Å²) in [5, 5.41) is 0. The Morgan fingerprint density at radius 2 is 2.00 bits per heavy atom. The van der Waals surface area contributed by atoms with Crippen molar-refractivity contribution in [2.45, 2.75) is 13.8 Å². The molecule has 1 aromatic carbocycles. The predicted molar refractivity (Wildman–Crippen MR) is 81.1 cm³/mol. The minimum absolute atomic E-state index is 0.405. The van der Waals surface area contributed by atoms with Gasteiger partial charge in [-0.1, -0.05) is 36.9 Å². The first-order valence-corrected chi connectivity index (χ1v) is 6.70. The van der Waals surface area contributed by atoms with Crippen LogP contribution in [0.2, 0.25) is 0 Å². The Kier molecular flexibility index (Phi) is 4.14. The van der Waals surface area contributed by atoms with Gasteiger partial charge in [0.2, 0.25) is 0 Å². The van der Waals surface area contributed by atoms with Crippen molar-refractivity contribution in [1.82, 2.24) is 0 Å². The number of nitrogens with zero attached hydrogens (tertiary/aromatic N) is 1. The fourth-order valence-corrected chi connectivity index (χ4v) is 2.78. The smallest absolute Gasteiger partial charge is 0.255 e. The average molecular weight is 272 g/mol. The Morgan fingerprint density at radius 1 is 1.32 bits per heavy atom. The molecule has 2 N–H and O–H groups in total. The fraction of sp³-hybridized carbons (Fsp3) is 0.133. The summed E-state index contributed by atoms with van der Waals surface area (Å²) in [5.74, 6) is 5.69. The maximum atomic E-state index is 5.29. The van der Waals surface area contributed by atoms with Crippen LogP contribution in [0.25, 0.3) is 11.1 Å². The molecule has 98 valence electrons. The van der Waals surface area contributed by atoms with Gasteiger partial charge in [0, 0.05) is 10.6 Å². The Bertz CT molecular complexity index is 614. The van der Waals surface area contributed by atoms with E-state index in [1.807, 2.05) is 24.3 Å². The van der Waals surface area contributed by atoms with Crippen molar-refractivity contribution in [1.29, 1.82) is 0 Å². The van der Waals surface area contributed by atoms with E-state index in [0.29, 0.717) is 11.6 Å².